The summed E-state index contributed by atoms with van der Waals surface area (Å²) in [5.41, 5.74) is 3.46. The lowest BCUT2D eigenvalue weighted by Gasteiger charge is -2.01. The van der Waals surface area contributed by atoms with Crippen molar-refractivity contribution in [1.29, 1.82) is 0 Å². The molecule has 5 nitrogen and oxygen atoms in total. The van der Waals surface area contributed by atoms with Crippen LogP contribution in [0, 0.1) is 0 Å². The molecule has 1 aliphatic heterocycles. The lowest BCUT2D eigenvalue weighted by atomic mass is 10.2. The smallest absolute Gasteiger partial charge is 0.222 e. The fourth-order valence-corrected chi connectivity index (χ4v) is 2.48. The number of carbonyl (C=O) groups excluding carboxylic acids is 1. The van der Waals surface area contributed by atoms with Crippen molar-refractivity contribution in [2.45, 2.75) is 6.92 Å². The molecule has 1 atom stereocenters. The standard InChI is InChI=1S/C13H12ClN3O2S/c1-2-19-11-8-20(9-18)13(15-11)17-16-12(14)10-6-4-3-5-7-10/h3-8H,2H2,1H3,(H,15,17). The van der Waals surface area contributed by atoms with Crippen LogP contribution in [0.2, 0.25) is 0 Å². The molecule has 0 spiro atoms. The molecule has 1 N–H and O–H groups in total. The highest BCUT2D eigenvalue weighted by atomic mass is 35.5. The van der Waals surface area contributed by atoms with E-state index in [9.17, 15) is 4.79 Å². The summed E-state index contributed by atoms with van der Waals surface area (Å²) < 4.78 is 5.24. The second-order valence-electron chi connectivity index (χ2n) is 3.61. The molecule has 1 aromatic carbocycles. The van der Waals surface area contributed by atoms with Gasteiger partial charge in [0.1, 0.15) is 0 Å². The van der Waals surface area contributed by atoms with Crippen molar-refractivity contribution in [1.82, 2.24) is 5.43 Å². The maximum Gasteiger partial charge on any atom is 0.222 e. The van der Waals surface area contributed by atoms with Crippen molar-refractivity contribution in [3.05, 3.63) is 47.2 Å². The van der Waals surface area contributed by atoms with Crippen LogP contribution in [-0.4, -0.2) is 22.2 Å². The molecule has 104 valence electrons. The molecule has 2 rings (SSSR count). The number of nitrogens with one attached hydrogen (secondary N) is 1. The van der Waals surface area contributed by atoms with Crippen molar-refractivity contribution in [2.24, 2.45) is 10.1 Å². The molecule has 0 radical (unpaired) electrons. The lowest BCUT2D eigenvalue weighted by Crippen LogP contribution is -2.15. The van der Waals surface area contributed by atoms with E-state index in [1.54, 1.807) is 5.41 Å². The van der Waals surface area contributed by atoms with E-state index >= 15 is 0 Å². The Morgan fingerprint density at radius 3 is 2.90 bits per heavy atom. The molecule has 0 aliphatic carbocycles. The van der Waals surface area contributed by atoms with Gasteiger partial charge < -0.3 is 4.74 Å². The van der Waals surface area contributed by atoms with Gasteiger partial charge in [-0.3, -0.25) is 5.43 Å². The molecular formula is C13H12ClN3O2S. The first kappa shape index (κ1) is 14.5. The SMILES string of the molecule is CCOC1=CS(=C=O)C(NN=C(Cl)c2ccccc2)=N1. The number of hydrogen-bond acceptors (Lipinski definition) is 5. The number of aliphatic imine (C=N–C) groups is 1. The average molecular weight is 310 g/mol. The maximum atomic E-state index is 10.9. The van der Waals surface area contributed by atoms with Gasteiger partial charge in [-0.25, -0.2) is 4.79 Å². The minimum absolute atomic E-state index is 0.285. The number of hydrazone groups is 1. The summed E-state index contributed by atoms with van der Waals surface area (Å²) >= 11 is 6.06. The number of ether oxygens (including phenoxy) is 1. The molecule has 1 aromatic rings. The van der Waals surface area contributed by atoms with Crippen molar-refractivity contribution < 1.29 is 9.53 Å². The van der Waals surface area contributed by atoms with Crippen LogP contribution < -0.4 is 5.43 Å². The summed E-state index contributed by atoms with van der Waals surface area (Å²) in [6.07, 6.45) is 0. The summed E-state index contributed by atoms with van der Waals surface area (Å²) in [5, 5.41) is 8.15. The fourth-order valence-electron chi connectivity index (χ4n) is 1.42. The first-order valence-corrected chi connectivity index (χ1v) is 7.50. The van der Waals surface area contributed by atoms with E-state index in [4.69, 9.17) is 16.3 Å². The van der Waals surface area contributed by atoms with Crippen LogP contribution in [0.1, 0.15) is 12.5 Å². The molecule has 0 fully saturated rings. The summed E-state index contributed by atoms with van der Waals surface area (Å²) in [4.78, 5) is 15.0. The Kier molecular flexibility index (Phi) is 5.12. The number of rotatable bonds is 4. The van der Waals surface area contributed by atoms with Crippen molar-refractivity contribution in [2.75, 3.05) is 6.61 Å². The molecule has 20 heavy (non-hydrogen) atoms. The third kappa shape index (κ3) is 3.57. The van der Waals surface area contributed by atoms with Crippen LogP contribution in [0.15, 0.2) is 51.7 Å². The minimum Gasteiger partial charge on any atom is -0.478 e. The van der Waals surface area contributed by atoms with Gasteiger partial charge in [-0.2, -0.15) is 10.1 Å². The van der Waals surface area contributed by atoms with Crippen LogP contribution >= 0.6 is 22.1 Å². The van der Waals surface area contributed by atoms with E-state index in [1.807, 2.05) is 42.5 Å². The minimum atomic E-state index is -0.896. The topological polar surface area (TPSA) is 63.0 Å². The van der Waals surface area contributed by atoms with Gasteiger partial charge in [0.25, 0.3) is 0 Å². The largest absolute Gasteiger partial charge is 0.478 e. The quantitative estimate of drug-likeness (QED) is 0.528. The summed E-state index contributed by atoms with van der Waals surface area (Å²) in [6, 6.07) is 9.27. The average Bonchev–Trinajstić information content (AvgIpc) is 2.88. The Hall–Kier alpha value is -1.88. The van der Waals surface area contributed by atoms with E-state index in [1.165, 1.54) is 0 Å². The predicted molar refractivity (Wildman–Crippen MR) is 82.4 cm³/mol. The van der Waals surface area contributed by atoms with Gasteiger partial charge in [0.15, 0.2) is 15.6 Å². The highest BCUT2D eigenvalue weighted by molar-refractivity contribution is 8.29. The molecule has 1 unspecified atom stereocenters. The molecule has 0 saturated carbocycles. The Morgan fingerprint density at radius 2 is 2.25 bits per heavy atom. The molecule has 1 aliphatic rings. The zero-order valence-electron chi connectivity index (χ0n) is 10.7. The predicted octanol–water partition coefficient (Wildman–Crippen LogP) is 2.72. The third-order valence-electron chi connectivity index (χ3n) is 2.28. The van der Waals surface area contributed by atoms with Crippen LogP contribution in [0.3, 0.4) is 0 Å². The normalized spacial score (nSPS) is 18.1. The Morgan fingerprint density at radius 1 is 1.50 bits per heavy atom. The fraction of sp³-hybridized carbons (Fsp3) is 0.154. The molecular weight excluding hydrogens is 298 g/mol. The molecule has 0 bridgehead atoms. The van der Waals surface area contributed by atoms with Crippen molar-refractivity contribution in [3.63, 3.8) is 0 Å². The lowest BCUT2D eigenvalue weighted by molar-refractivity contribution is 0.229. The second-order valence-corrected chi connectivity index (χ2v) is 5.43. The zero-order valence-corrected chi connectivity index (χ0v) is 12.2. The van der Waals surface area contributed by atoms with Gasteiger partial charge >= 0.3 is 0 Å². The summed E-state index contributed by atoms with van der Waals surface area (Å²) in [5.74, 6) is 0.396. The summed E-state index contributed by atoms with van der Waals surface area (Å²) in [6.45, 7) is 2.32. The molecule has 7 heteroatoms. The molecule has 0 aromatic heterocycles. The van der Waals surface area contributed by atoms with Crippen LogP contribution in [0.5, 0.6) is 0 Å². The Labute approximate surface area is 123 Å². The van der Waals surface area contributed by atoms with Crippen LogP contribution in [0.25, 0.3) is 0 Å². The maximum absolute atomic E-state index is 10.9. The van der Waals surface area contributed by atoms with Crippen LogP contribution in [-0.2, 0) is 9.53 Å². The van der Waals surface area contributed by atoms with Gasteiger partial charge in [-0.1, -0.05) is 41.9 Å². The van der Waals surface area contributed by atoms with Gasteiger partial charge in [-0.05, 0) is 17.4 Å². The highest BCUT2D eigenvalue weighted by Crippen LogP contribution is 2.25. The van der Waals surface area contributed by atoms with Crippen molar-refractivity contribution in [3.8, 4) is 0 Å². The molecule has 0 amide bonds. The van der Waals surface area contributed by atoms with E-state index in [-0.39, 0.29) is 5.17 Å². The Bertz CT molecular complexity index is 634. The van der Waals surface area contributed by atoms with Crippen molar-refractivity contribution >= 4 is 37.7 Å². The number of halogens is 1. The highest BCUT2D eigenvalue weighted by Gasteiger charge is 2.15. The van der Waals surface area contributed by atoms with E-state index in [2.05, 4.69) is 15.5 Å². The number of benzene rings is 1. The zero-order chi connectivity index (χ0) is 14.4. The van der Waals surface area contributed by atoms with Gasteiger partial charge in [0, 0.05) is 11.0 Å². The van der Waals surface area contributed by atoms with E-state index < -0.39 is 10.5 Å². The van der Waals surface area contributed by atoms with E-state index in [0.717, 1.165) is 5.56 Å². The third-order valence-corrected chi connectivity index (χ3v) is 3.80. The first-order valence-electron chi connectivity index (χ1n) is 5.83. The monoisotopic (exact) mass is 309 g/mol. The number of amidine groups is 1. The first-order chi connectivity index (χ1) is 9.74. The Balaban J connectivity index is 2.11. The number of nitrogens with zero attached hydrogens (tertiary/aromatic N) is 2. The molecule has 0 saturated heterocycles. The van der Waals surface area contributed by atoms with Gasteiger partial charge in [-0.15, -0.1) is 0 Å². The van der Waals surface area contributed by atoms with Gasteiger partial charge in [0.05, 0.1) is 6.61 Å². The second kappa shape index (κ2) is 7.05. The summed E-state index contributed by atoms with van der Waals surface area (Å²) in [7, 11) is -0.896. The van der Waals surface area contributed by atoms with Crippen LogP contribution in [0.4, 0.5) is 0 Å². The molecule has 1 heterocycles. The van der Waals surface area contributed by atoms with Gasteiger partial charge in [0.2, 0.25) is 5.88 Å². The van der Waals surface area contributed by atoms with E-state index in [0.29, 0.717) is 17.7 Å². The number of hydrogen-bond donors (Lipinski definition) is 1.